The highest BCUT2D eigenvalue weighted by Crippen LogP contribution is 2.22. The molecule has 0 saturated carbocycles. The zero-order chi connectivity index (χ0) is 28.5. The van der Waals surface area contributed by atoms with Gasteiger partial charge in [0.1, 0.15) is 11.9 Å². The van der Waals surface area contributed by atoms with Crippen molar-refractivity contribution < 1.29 is 22.4 Å². The Hall–Kier alpha value is -3.04. The number of carbonyl (C=O) groups excluding carboxylic acids is 2. The van der Waals surface area contributed by atoms with Crippen molar-refractivity contribution in [2.24, 2.45) is 0 Å². The molecule has 1 unspecified atom stereocenters. The lowest BCUT2D eigenvalue weighted by molar-refractivity contribution is -0.140. The van der Waals surface area contributed by atoms with Gasteiger partial charge < -0.3 is 10.2 Å². The first-order valence-corrected chi connectivity index (χ1v) is 15.8. The summed E-state index contributed by atoms with van der Waals surface area (Å²) >= 11 is 0. The maximum absolute atomic E-state index is 13.5. The van der Waals surface area contributed by atoms with Crippen LogP contribution in [0.15, 0.2) is 65.1 Å². The lowest BCUT2D eigenvalue weighted by atomic mass is 9.97. The van der Waals surface area contributed by atoms with Gasteiger partial charge in [0, 0.05) is 32.6 Å². The Morgan fingerprint density at radius 2 is 1.62 bits per heavy atom. The molecule has 2 amide bonds. The number of allylic oxidation sites excluding steroid dienone is 1. The maximum atomic E-state index is 13.5. The smallest absolute Gasteiger partial charge is 0.243 e. The summed E-state index contributed by atoms with van der Waals surface area (Å²) in [5.74, 6) is -0.779. The Morgan fingerprint density at radius 3 is 2.27 bits per heavy atom. The summed E-state index contributed by atoms with van der Waals surface area (Å²) < 4.78 is 40.6. The molecule has 9 heteroatoms. The molecule has 0 bridgehead atoms. The second-order valence-corrected chi connectivity index (χ2v) is 12.7. The number of amides is 2. The van der Waals surface area contributed by atoms with E-state index in [1.54, 1.807) is 43.3 Å². The van der Waals surface area contributed by atoms with Gasteiger partial charge in [0.2, 0.25) is 21.8 Å². The van der Waals surface area contributed by atoms with Gasteiger partial charge in [0.05, 0.1) is 4.90 Å². The molecule has 40 heavy (non-hydrogen) atoms. The quantitative estimate of drug-likeness (QED) is 0.366. The molecular formula is C31H40FN3O4S. The summed E-state index contributed by atoms with van der Waals surface area (Å²) in [5, 5.41) is 2.98. The zero-order valence-corrected chi connectivity index (χ0v) is 24.1. The van der Waals surface area contributed by atoms with Crippen molar-refractivity contribution in [3.8, 4) is 0 Å². The van der Waals surface area contributed by atoms with Gasteiger partial charge in [-0.05, 0) is 93.7 Å². The van der Waals surface area contributed by atoms with Crippen molar-refractivity contribution in [3.63, 3.8) is 0 Å². The molecular weight excluding hydrogens is 529 g/mol. The fraction of sp³-hybridized carbons (Fsp3) is 0.484. The predicted molar refractivity (Wildman–Crippen MR) is 153 cm³/mol. The number of rotatable bonds is 12. The highest BCUT2D eigenvalue weighted by atomic mass is 32.2. The van der Waals surface area contributed by atoms with Crippen molar-refractivity contribution in [1.82, 2.24) is 14.5 Å². The minimum Gasteiger partial charge on any atom is -0.354 e. The lowest BCUT2D eigenvalue weighted by Crippen LogP contribution is -2.47. The molecule has 1 aliphatic carbocycles. The Labute approximate surface area is 237 Å². The monoisotopic (exact) mass is 569 g/mol. The first kappa shape index (κ1) is 29.9. The van der Waals surface area contributed by atoms with Crippen molar-refractivity contribution in [2.75, 3.05) is 19.6 Å². The van der Waals surface area contributed by atoms with E-state index in [0.717, 1.165) is 43.2 Å². The van der Waals surface area contributed by atoms with Crippen molar-refractivity contribution in [1.29, 1.82) is 0 Å². The maximum Gasteiger partial charge on any atom is 0.243 e. The van der Waals surface area contributed by atoms with Crippen LogP contribution in [0.25, 0.3) is 0 Å². The number of benzene rings is 2. The molecule has 1 saturated heterocycles. The first-order valence-electron chi connectivity index (χ1n) is 14.3. The standard InChI is InChI=1S/C31H40FN3O4S/c1-24(31(37)33-20-19-25-7-3-2-4-8-25)35(23-27-9-14-28(32)15-10-27)30(36)18-13-26-11-16-29(17-12-26)40(38,39)34-21-5-6-22-34/h7,9-12,14-17,24H,2-6,8,13,18-23H2,1H3,(H,33,37). The average molecular weight is 570 g/mol. The number of nitrogens with zero attached hydrogens (tertiary/aromatic N) is 2. The van der Waals surface area contributed by atoms with E-state index in [-0.39, 0.29) is 35.5 Å². The van der Waals surface area contributed by atoms with Crippen LogP contribution in [-0.2, 0) is 32.6 Å². The van der Waals surface area contributed by atoms with E-state index in [0.29, 0.717) is 26.1 Å². The number of halogens is 1. The molecule has 2 aromatic carbocycles. The topological polar surface area (TPSA) is 86.8 Å². The first-order chi connectivity index (χ1) is 19.2. The second kappa shape index (κ2) is 14.0. The van der Waals surface area contributed by atoms with Crippen LogP contribution < -0.4 is 5.32 Å². The zero-order valence-electron chi connectivity index (χ0n) is 23.3. The number of aryl methyl sites for hydroxylation is 1. The third-order valence-corrected chi connectivity index (χ3v) is 9.73. The van der Waals surface area contributed by atoms with Crippen molar-refractivity contribution >= 4 is 21.8 Å². The van der Waals surface area contributed by atoms with Gasteiger partial charge in [-0.1, -0.05) is 35.9 Å². The fourth-order valence-corrected chi connectivity index (χ4v) is 6.81. The number of nitrogens with one attached hydrogen (secondary N) is 1. The number of sulfonamides is 1. The number of hydrogen-bond acceptors (Lipinski definition) is 4. The summed E-state index contributed by atoms with van der Waals surface area (Å²) in [6, 6.07) is 11.9. The lowest BCUT2D eigenvalue weighted by Gasteiger charge is -2.29. The van der Waals surface area contributed by atoms with Gasteiger partial charge in [0.15, 0.2) is 0 Å². The van der Waals surface area contributed by atoms with E-state index in [9.17, 15) is 22.4 Å². The Kier molecular flexibility index (Phi) is 10.5. The molecule has 0 radical (unpaired) electrons. The highest BCUT2D eigenvalue weighted by molar-refractivity contribution is 7.89. The fourth-order valence-electron chi connectivity index (χ4n) is 5.30. The SMILES string of the molecule is CC(C(=O)NCCC1=CCCCC1)N(Cc1ccc(F)cc1)C(=O)CCc1ccc(S(=O)(=O)N2CCCC2)cc1. The van der Waals surface area contributed by atoms with E-state index in [1.807, 2.05) is 0 Å². The second-order valence-electron chi connectivity index (χ2n) is 10.7. The molecule has 2 aromatic rings. The van der Waals surface area contributed by atoms with Gasteiger partial charge in [-0.3, -0.25) is 9.59 Å². The van der Waals surface area contributed by atoms with Crippen LogP contribution in [0, 0.1) is 5.82 Å². The molecule has 4 rings (SSSR count). The van der Waals surface area contributed by atoms with Crippen molar-refractivity contribution in [2.45, 2.75) is 82.2 Å². The predicted octanol–water partition coefficient (Wildman–Crippen LogP) is 4.97. The summed E-state index contributed by atoms with van der Waals surface area (Å²) in [6.45, 7) is 3.53. The van der Waals surface area contributed by atoms with E-state index >= 15 is 0 Å². The molecule has 1 atom stereocenters. The molecule has 0 spiro atoms. The Balaban J connectivity index is 1.38. The highest BCUT2D eigenvalue weighted by Gasteiger charge is 2.28. The Morgan fingerprint density at radius 1 is 0.950 bits per heavy atom. The van der Waals surface area contributed by atoms with E-state index in [2.05, 4.69) is 11.4 Å². The number of hydrogen-bond donors (Lipinski definition) is 1. The van der Waals surface area contributed by atoms with Crippen LogP contribution >= 0.6 is 0 Å². The van der Waals surface area contributed by atoms with E-state index < -0.39 is 16.1 Å². The summed E-state index contributed by atoms with van der Waals surface area (Å²) in [4.78, 5) is 28.3. The van der Waals surface area contributed by atoms with Crippen LogP contribution in [0.5, 0.6) is 0 Å². The molecule has 216 valence electrons. The molecule has 1 aliphatic heterocycles. The van der Waals surface area contributed by atoms with Crippen LogP contribution in [0.3, 0.4) is 0 Å². The van der Waals surface area contributed by atoms with Gasteiger partial charge in [0.25, 0.3) is 0 Å². The molecule has 1 N–H and O–H groups in total. The van der Waals surface area contributed by atoms with Crippen LogP contribution in [0.1, 0.15) is 69.4 Å². The largest absolute Gasteiger partial charge is 0.354 e. The Bertz CT molecular complexity index is 1290. The summed E-state index contributed by atoms with van der Waals surface area (Å²) in [5.41, 5.74) is 2.95. The molecule has 1 fully saturated rings. The molecule has 2 aliphatic rings. The van der Waals surface area contributed by atoms with Crippen LogP contribution in [0.2, 0.25) is 0 Å². The number of carbonyl (C=O) groups is 2. The van der Waals surface area contributed by atoms with Gasteiger partial charge in [-0.25, -0.2) is 12.8 Å². The van der Waals surface area contributed by atoms with Crippen LogP contribution in [-0.4, -0.2) is 55.1 Å². The average Bonchev–Trinajstić information content (AvgIpc) is 3.52. The van der Waals surface area contributed by atoms with Crippen LogP contribution in [0.4, 0.5) is 4.39 Å². The summed E-state index contributed by atoms with van der Waals surface area (Å²) in [6.07, 6.45) is 9.97. The van der Waals surface area contributed by atoms with E-state index in [1.165, 1.54) is 39.8 Å². The van der Waals surface area contributed by atoms with Crippen molar-refractivity contribution in [3.05, 3.63) is 77.1 Å². The van der Waals surface area contributed by atoms with Gasteiger partial charge >= 0.3 is 0 Å². The molecule has 7 nitrogen and oxygen atoms in total. The summed E-state index contributed by atoms with van der Waals surface area (Å²) in [7, 11) is -3.49. The molecule has 1 heterocycles. The van der Waals surface area contributed by atoms with Gasteiger partial charge in [-0.2, -0.15) is 4.31 Å². The minimum absolute atomic E-state index is 0.157. The third kappa shape index (κ3) is 8.01. The third-order valence-electron chi connectivity index (χ3n) is 7.82. The minimum atomic E-state index is -3.49. The molecule has 0 aromatic heterocycles. The normalized spacial score (nSPS) is 16.8. The van der Waals surface area contributed by atoms with Gasteiger partial charge in [-0.15, -0.1) is 0 Å². The van der Waals surface area contributed by atoms with E-state index in [4.69, 9.17) is 0 Å².